The standard InChI is InChI=1S/C31H46ClFN4O4.ClH/c1-6-28(38)34-27(16-31(3,4)5)30(40)35-11-12-37(20(2)17-35)29(39)25-19-36(22-9-13-41-14-10-22)18-24(25)23-8-7-21(32)15-26(23)33;/h7-8,15,20,22,24-25,27H,6,9-14,16-19H2,1-5H3,(H,34,38);1H/t20-,24-,25+,27-;/m0./s1. The molecule has 3 saturated heterocycles. The van der Waals surface area contributed by atoms with Crippen LogP contribution in [0.4, 0.5) is 4.39 Å². The number of hydrogen-bond donors (Lipinski definition) is 1. The fraction of sp³-hybridized carbons (Fsp3) is 0.710. The molecule has 0 aliphatic carbocycles. The number of carbonyl (C=O) groups is 3. The van der Waals surface area contributed by atoms with Gasteiger partial charge in [-0.25, -0.2) is 4.39 Å². The van der Waals surface area contributed by atoms with Gasteiger partial charge in [0.2, 0.25) is 17.7 Å². The molecule has 3 heterocycles. The minimum absolute atomic E-state index is 0. The van der Waals surface area contributed by atoms with Crippen molar-refractivity contribution in [2.24, 2.45) is 11.3 Å². The van der Waals surface area contributed by atoms with Gasteiger partial charge >= 0.3 is 0 Å². The van der Waals surface area contributed by atoms with Gasteiger partial charge < -0.3 is 19.9 Å². The van der Waals surface area contributed by atoms with Crippen molar-refractivity contribution in [1.29, 1.82) is 0 Å². The van der Waals surface area contributed by atoms with E-state index in [9.17, 15) is 14.4 Å². The van der Waals surface area contributed by atoms with Crippen molar-refractivity contribution >= 4 is 41.7 Å². The number of likely N-dealkylation sites (tertiary alicyclic amines) is 1. The molecular formula is C31H47Cl2FN4O4. The van der Waals surface area contributed by atoms with Crippen LogP contribution in [-0.2, 0) is 19.1 Å². The second-order valence-corrected chi connectivity index (χ2v) is 13.5. The van der Waals surface area contributed by atoms with Crippen molar-refractivity contribution in [1.82, 2.24) is 20.0 Å². The summed E-state index contributed by atoms with van der Waals surface area (Å²) in [4.78, 5) is 45.9. The molecule has 0 unspecified atom stereocenters. The van der Waals surface area contributed by atoms with Crippen molar-refractivity contribution in [3.8, 4) is 0 Å². The molecule has 42 heavy (non-hydrogen) atoms. The fourth-order valence-corrected chi connectivity index (χ4v) is 6.74. The minimum Gasteiger partial charge on any atom is -0.381 e. The Labute approximate surface area is 261 Å². The Kier molecular flexibility index (Phi) is 12.1. The average molecular weight is 630 g/mol. The van der Waals surface area contributed by atoms with Crippen LogP contribution in [0.2, 0.25) is 5.02 Å². The molecule has 236 valence electrons. The SMILES string of the molecule is CCC(=O)N[C@@H](CC(C)(C)C)C(=O)N1CCN(C(=O)[C@@H]2CN(C3CCOCC3)C[C@H]2c2ccc(Cl)cc2F)[C@@H](C)C1.Cl. The normalized spacial score (nSPS) is 24.7. The van der Waals surface area contributed by atoms with Gasteiger partial charge in [-0.2, -0.15) is 0 Å². The summed E-state index contributed by atoms with van der Waals surface area (Å²) in [7, 11) is 0. The molecule has 3 aliphatic rings. The minimum atomic E-state index is -0.600. The molecule has 1 aromatic rings. The van der Waals surface area contributed by atoms with Gasteiger partial charge in [-0.15, -0.1) is 12.4 Å². The molecule has 0 radical (unpaired) electrons. The number of carbonyl (C=O) groups excluding carboxylic acids is 3. The van der Waals surface area contributed by atoms with Gasteiger partial charge in [-0.3, -0.25) is 19.3 Å². The molecule has 4 atom stereocenters. The Morgan fingerprint density at radius 2 is 1.81 bits per heavy atom. The van der Waals surface area contributed by atoms with E-state index in [0.29, 0.717) is 75.4 Å². The van der Waals surface area contributed by atoms with Gasteiger partial charge in [0.25, 0.3) is 0 Å². The topological polar surface area (TPSA) is 82.2 Å². The lowest BCUT2D eigenvalue weighted by Crippen LogP contribution is -2.60. The van der Waals surface area contributed by atoms with E-state index in [2.05, 4.69) is 31.0 Å². The zero-order chi connectivity index (χ0) is 29.9. The van der Waals surface area contributed by atoms with Gasteiger partial charge in [0.1, 0.15) is 11.9 Å². The molecule has 0 bridgehead atoms. The number of benzene rings is 1. The monoisotopic (exact) mass is 628 g/mol. The molecule has 8 nitrogen and oxygen atoms in total. The summed E-state index contributed by atoms with van der Waals surface area (Å²) in [5, 5.41) is 3.25. The van der Waals surface area contributed by atoms with E-state index in [0.717, 1.165) is 12.8 Å². The molecular weight excluding hydrogens is 582 g/mol. The van der Waals surface area contributed by atoms with E-state index in [1.54, 1.807) is 24.0 Å². The Hall–Kier alpha value is -1.94. The first-order valence-electron chi connectivity index (χ1n) is 15.0. The number of halogens is 3. The van der Waals surface area contributed by atoms with E-state index >= 15 is 4.39 Å². The lowest BCUT2D eigenvalue weighted by atomic mass is 9.86. The maximum absolute atomic E-state index is 15.2. The van der Waals surface area contributed by atoms with Crippen LogP contribution in [0.1, 0.15) is 71.8 Å². The zero-order valence-corrected chi connectivity index (χ0v) is 27.1. The number of nitrogens with one attached hydrogen (secondary N) is 1. The molecule has 4 rings (SSSR count). The molecule has 3 fully saturated rings. The summed E-state index contributed by atoms with van der Waals surface area (Å²) in [6.07, 6.45) is 2.65. The van der Waals surface area contributed by atoms with Crippen molar-refractivity contribution < 1.29 is 23.5 Å². The van der Waals surface area contributed by atoms with E-state index < -0.39 is 12.0 Å². The summed E-state index contributed by atoms with van der Waals surface area (Å²) in [5.41, 5.74) is 0.385. The molecule has 0 aromatic heterocycles. The molecule has 3 amide bonds. The van der Waals surface area contributed by atoms with E-state index in [1.807, 2.05) is 11.8 Å². The van der Waals surface area contributed by atoms with Gasteiger partial charge in [0.05, 0.1) is 5.92 Å². The summed E-state index contributed by atoms with van der Waals surface area (Å²) in [5.74, 6) is -1.30. The Morgan fingerprint density at radius 1 is 1.12 bits per heavy atom. The lowest BCUT2D eigenvalue weighted by molar-refractivity contribution is -0.147. The number of rotatable bonds is 7. The van der Waals surface area contributed by atoms with Crippen molar-refractivity contribution in [2.45, 2.75) is 84.3 Å². The summed E-state index contributed by atoms with van der Waals surface area (Å²) >= 11 is 6.05. The van der Waals surface area contributed by atoms with Crippen LogP contribution >= 0.6 is 24.0 Å². The third-order valence-corrected chi connectivity index (χ3v) is 8.96. The molecule has 3 aliphatic heterocycles. The highest BCUT2D eigenvalue weighted by Crippen LogP contribution is 2.38. The van der Waals surface area contributed by atoms with Crippen molar-refractivity contribution in [3.63, 3.8) is 0 Å². The van der Waals surface area contributed by atoms with E-state index in [4.69, 9.17) is 16.3 Å². The highest BCUT2D eigenvalue weighted by Gasteiger charge is 2.45. The molecule has 0 spiro atoms. The first kappa shape index (κ1) is 34.5. The quantitative estimate of drug-likeness (QED) is 0.481. The van der Waals surface area contributed by atoms with E-state index in [-0.39, 0.29) is 53.3 Å². The van der Waals surface area contributed by atoms with Crippen LogP contribution in [0.15, 0.2) is 18.2 Å². The second-order valence-electron chi connectivity index (χ2n) is 13.1. The van der Waals surface area contributed by atoms with Gasteiger partial charge in [0, 0.05) is 75.4 Å². The van der Waals surface area contributed by atoms with Crippen molar-refractivity contribution in [2.75, 3.05) is 45.9 Å². The summed E-state index contributed by atoms with van der Waals surface area (Å²) in [6.45, 7) is 13.7. The van der Waals surface area contributed by atoms with Crippen LogP contribution in [0.5, 0.6) is 0 Å². The number of piperazine rings is 1. The molecule has 11 heteroatoms. The molecule has 1 N–H and O–H groups in total. The third kappa shape index (κ3) is 8.36. The Morgan fingerprint density at radius 3 is 2.40 bits per heavy atom. The van der Waals surface area contributed by atoms with Gasteiger partial charge in [-0.1, -0.05) is 45.4 Å². The zero-order valence-electron chi connectivity index (χ0n) is 25.5. The number of ether oxygens (including phenoxy) is 1. The van der Waals surface area contributed by atoms with Crippen LogP contribution < -0.4 is 5.32 Å². The highest BCUT2D eigenvalue weighted by atomic mass is 35.5. The fourth-order valence-electron chi connectivity index (χ4n) is 6.58. The first-order valence-corrected chi connectivity index (χ1v) is 15.4. The average Bonchev–Trinajstić information content (AvgIpc) is 3.36. The predicted octanol–water partition coefficient (Wildman–Crippen LogP) is 4.49. The highest BCUT2D eigenvalue weighted by molar-refractivity contribution is 6.30. The number of hydrogen-bond acceptors (Lipinski definition) is 5. The largest absolute Gasteiger partial charge is 0.381 e. The summed E-state index contributed by atoms with van der Waals surface area (Å²) in [6, 6.07) is 4.24. The number of nitrogens with zero attached hydrogens (tertiary/aromatic N) is 3. The van der Waals surface area contributed by atoms with Gasteiger partial charge in [-0.05, 0) is 49.3 Å². The van der Waals surface area contributed by atoms with Crippen LogP contribution in [0, 0.1) is 17.2 Å². The van der Waals surface area contributed by atoms with E-state index in [1.165, 1.54) is 6.07 Å². The lowest BCUT2D eigenvalue weighted by Gasteiger charge is -2.43. The Bertz CT molecular complexity index is 1110. The predicted molar refractivity (Wildman–Crippen MR) is 164 cm³/mol. The van der Waals surface area contributed by atoms with Crippen LogP contribution in [0.25, 0.3) is 0 Å². The Balaban J connectivity index is 0.00000484. The third-order valence-electron chi connectivity index (χ3n) is 8.73. The maximum atomic E-state index is 15.2. The molecule has 1 aromatic carbocycles. The maximum Gasteiger partial charge on any atom is 0.245 e. The number of amides is 3. The summed E-state index contributed by atoms with van der Waals surface area (Å²) < 4.78 is 20.7. The second kappa shape index (κ2) is 14.7. The van der Waals surface area contributed by atoms with Crippen molar-refractivity contribution in [3.05, 3.63) is 34.6 Å². The molecule has 0 saturated carbocycles. The van der Waals surface area contributed by atoms with Crippen LogP contribution in [0.3, 0.4) is 0 Å². The first-order chi connectivity index (χ1) is 19.4. The van der Waals surface area contributed by atoms with Crippen LogP contribution in [-0.4, -0.2) is 96.5 Å². The van der Waals surface area contributed by atoms with Gasteiger partial charge in [0.15, 0.2) is 0 Å². The smallest absolute Gasteiger partial charge is 0.245 e.